The molecule has 0 bridgehead atoms. The number of nitrogens with one attached hydrogen (secondary N) is 1. The lowest BCUT2D eigenvalue weighted by atomic mass is 10.0. The summed E-state index contributed by atoms with van der Waals surface area (Å²) in [5, 5.41) is 22.9. The topological polar surface area (TPSA) is 125 Å². The molecule has 9 nitrogen and oxygen atoms in total. The second-order valence-corrected chi connectivity index (χ2v) is 12.2. The van der Waals surface area contributed by atoms with Crippen LogP contribution in [-0.4, -0.2) is 53.2 Å². The molecule has 1 unspecified atom stereocenters. The Kier molecular flexibility index (Phi) is 12.3. The Balaban J connectivity index is 1.16. The molecule has 5 aromatic carbocycles. The Morgan fingerprint density at radius 2 is 1.42 bits per heavy atom. The van der Waals surface area contributed by atoms with Crippen molar-refractivity contribution >= 4 is 23.5 Å². The number of rotatable bonds is 15. The molecule has 0 spiro atoms. The largest absolute Gasteiger partial charge is 0.497 e. The van der Waals surface area contributed by atoms with Gasteiger partial charge in [-0.05, 0) is 83.3 Å². The minimum Gasteiger partial charge on any atom is -0.497 e. The van der Waals surface area contributed by atoms with E-state index in [2.05, 4.69) is 29.6 Å². The number of nitrogens with zero attached hydrogens (tertiary/aromatic N) is 1. The van der Waals surface area contributed by atoms with Gasteiger partial charge in [-0.25, -0.2) is 8.78 Å². The SMILES string of the molecule is COc1ccc(CC(=O)Nc2ccc(C(=O)N(CC(=O)O)Cc3ccc(C(O)COc4ccc(-c5ccc(C)cc5)cc4)cc3)cc2)c(C(F)F)c1. The molecule has 0 saturated heterocycles. The number of carboxylic acid groups (broad SMARTS) is 1. The number of halogens is 2. The van der Waals surface area contributed by atoms with Crippen molar-refractivity contribution in [1.29, 1.82) is 0 Å². The highest BCUT2D eigenvalue weighted by atomic mass is 19.3. The summed E-state index contributed by atoms with van der Waals surface area (Å²) in [7, 11) is 1.36. The van der Waals surface area contributed by atoms with Crippen LogP contribution in [-0.2, 0) is 22.6 Å². The van der Waals surface area contributed by atoms with Gasteiger partial charge in [-0.3, -0.25) is 14.4 Å². The maximum absolute atomic E-state index is 13.5. The van der Waals surface area contributed by atoms with E-state index >= 15 is 0 Å². The number of hydrogen-bond acceptors (Lipinski definition) is 6. The van der Waals surface area contributed by atoms with E-state index in [0.29, 0.717) is 22.6 Å². The summed E-state index contributed by atoms with van der Waals surface area (Å²) in [4.78, 5) is 38.8. The van der Waals surface area contributed by atoms with Gasteiger partial charge >= 0.3 is 5.97 Å². The number of aliphatic hydroxyl groups is 1. The van der Waals surface area contributed by atoms with Crippen molar-refractivity contribution in [3.63, 3.8) is 0 Å². The molecule has 5 aromatic rings. The molecule has 2 amide bonds. The van der Waals surface area contributed by atoms with Crippen molar-refractivity contribution in [3.05, 3.63) is 149 Å². The number of aliphatic hydroxyl groups excluding tert-OH is 1. The summed E-state index contributed by atoms with van der Waals surface area (Å²) >= 11 is 0. The molecule has 0 radical (unpaired) electrons. The lowest BCUT2D eigenvalue weighted by Gasteiger charge is -2.21. The molecule has 52 heavy (non-hydrogen) atoms. The predicted molar refractivity (Wildman–Crippen MR) is 193 cm³/mol. The van der Waals surface area contributed by atoms with Crippen molar-refractivity contribution in [3.8, 4) is 22.6 Å². The Labute approximate surface area is 300 Å². The molecule has 0 heterocycles. The minimum absolute atomic E-state index is 0.0154. The molecule has 1 atom stereocenters. The number of alkyl halides is 2. The van der Waals surface area contributed by atoms with E-state index in [1.807, 2.05) is 31.2 Å². The first kappa shape index (κ1) is 37.2. The fraction of sp³-hybridized carbons (Fsp3) is 0.195. The normalized spacial score (nSPS) is 11.5. The van der Waals surface area contributed by atoms with E-state index in [1.54, 1.807) is 24.3 Å². The van der Waals surface area contributed by atoms with E-state index in [0.717, 1.165) is 11.1 Å². The number of aliphatic carboxylic acids is 1. The average molecular weight is 709 g/mol. The van der Waals surface area contributed by atoms with E-state index in [4.69, 9.17) is 9.47 Å². The van der Waals surface area contributed by atoms with Crippen LogP contribution in [0.4, 0.5) is 14.5 Å². The summed E-state index contributed by atoms with van der Waals surface area (Å²) in [5.41, 5.74) is 4.93. The molecular weight excluding hydrogens is 670 g/mol. The van der Waals surface area contributed by atoms with Crippen LogP contribution < -0.4 is 14.8 Å². The Bertz CT molecular complexity index is 1980. The number of carboxylic acids is 1. The van der Waals surface area contributed by atoms with Crippen molar-refractivity contribution in [2.24, 2.45) is 0 Å². The van der Waals surface area contributed by atoms with E-state index in [9.17, 15) is 33.4 Å². The van der Waals surface area contributed by atoms with E-state index in [-0.39, 0.29) is 42.0 Å². The van der Waals surface area contributed by atoms with Crippen molar-refractivity contribution < 1.29 is 42.9 Å². The number of benzene rings is 5. The Morgan fingerprint density at radius 3 is 2.02 bits per heavy atom. The Hall–Kier alpha value is -6.07. The van der Waals surface area contributed by atoms with Gasteiger partial charge < -0.3 is 29.9 Å². The zero-order chi connectivity index (χ0) is 37.2. The number of aryl methyl sites for hydroxylation is 1. The summed E-state index contributed by atoms with van der Waals surface area (Å²) in [6, 6.07) is 32.6. The quantitative estimate of drug-likeness (QED) is 0.102. The number of hydrogen-bond donors (Lipinski definition) is 3. The van der Waals surface area contributed by atoms with Gasteiger partial charge in [-0.1, -0.05) is 72.3 Å². The predicted octanol–water partition coefficient (Wildman–Crippen LogP) is 7.63. The fourth-order valence-corrected chi connectivity index (χ4v) is 5.51. The first-order valence-electron chi connectivity index (χ1n) is 16.4. The molecule has 0 aromatic heterocycles. The lowest BCUT2D eigenvalue weighted by Crippen LogP contribution is -2.35. The van der Waals surface area contributed by atoms with Crippen LogP contribution in [0.3, 0.4) is 0 Å². The highest BCUT2D eigenvalue weighted by Gasteiger charge is 2.21. The third-order valence-corrected chi connectivity index (χ3v) is 8.35. The van der Waals surface area contributed by atoms with Gasteiger partial charge in [0, 0.05) is 23.4 Å². The molecule has 3 N–H and O–H groups in total. The van der Waals surface area contributed by atoms with Crippen LogP contribution in [0.25, 0.3) is 11.1 Å². The molecule has 0 saturated carbocycles. The number of carbonyl (C=O) groups excluding carboxylic acids is 2. The summed E-state index contributed by atoms with van der Waals surface area (Å²) in [5.74, 6) is -1.42. The lowest BCUT2D eigenvalue weighted by molar-refractivity contribution is -0.137. The third kappa shape index (κ3) is 10.0. The van der Waals surface area contributed by atoms with Crippen LogP contribution in [0.2, 0.25) is 0 Å². The molecule has 5 rings (SSSR count). The monoisotopic (exact) mass is 708 g/mol. The number of amides is 2. The summed E-state index contributed by atoms with van der Waals surface area (Å²) in [6.45, 7) is 1.47. The van der Waals surface area contributed by atoms with Crippen LogP contribution in [0.5, 0.6) is 11.5 Å². The van der Waals surface area contributed by atoms with E-state index < -0.39 is 36.9 Å². The fourth-order valence-electron chi connectivity index (χ4n) is 5.51. The zero-order valence-electron chi connectivity index (χ0n) is 28.6. The summed E-state index contributed by atoms with van der Waals surface area (Å²) in [6.07, 6.45) is -4.02. The second kappa shape index (κ2) is 17.2. The second-order valence-electron chi connectivity index (χ2n) is 12.2. The third-order valence-electron chi connectivity index (χ3n) is 8.35. The van der Waals surface area contributed by atoms with E-state index in [1.165, 1.54) is 60.0 Å². The van der Waals surface area contributed by atoms with Crippen LogP contribution in [0.15, 0.2) is 115 Å². The smallest absolute Gasteiger partial charge is 0.323 e. The summed E-state index contributed by atoms with van der Waals surface area (Å²) < 4.78 is 37.9. The average Bonchev–Trinajstić information content (AvgIpc) is 3.14. The van der Waals surface area contributed by atoms with Gasteiger partial charge in [0.15, 0.2) is 0 Å². The van der Waals surface area contributed by atoms with Gasteiger partial charge in [0.1, 0.15) is 30.8 Å². The maximum atomic E-state index is 13.5. The molecule has 0 aliphatic rings. The van der Waals surface area contributed by atoms with Crippen LogP contribution >= 0.6 is 0 Å². The molecular formula is C41H38F2N2O7. The molecule has 0 aliphatic carbocycles. The van der Waals surface area contributed by atoms with Crippen molar-refractivity contribution in [2.75, 3.05) is 25.6 Å². The zero-order valence-corrected chi connectivity index (χ0v) is 28.6. The Morgan fingerprint density at radius 1 is 0.808 bits per heavy atom. The highest BCUT2D eigenvalue weighted by Crippen LogP contribution is 2.28. The maximum Gasteiger partial charge on any atom is 0.323 e. The molecule has 0 aliphatic heterocycles. The standard InChI is InChI=1S/C41H38F2N2O7/c1-26-3-7-28(8-4-26)29-13-18-34(19-14-29)52-25-37(46)30-9-5-27(6-10-30)23-45(24-39(48)49)41(50)31-11-16-33(17-12-31)44-38(47)21-32-15-20-35(51-2)22-36(32)40(42)43/h3-20,22,37,40,46H,21,23-25H2,1-2H3,(H,44,47)(H,48,49). The number of ether oxygens (including phenoxy) is 2. The van der Waals surface area contributed by atoms with Crippen LogP contribution in [0, 0.1) is 6.92 Å². The van der Waals surface area contributed by atoms with Gasteiger partial charge in [0.05, 0.1) is 13.5 Å². The first-order valence-corrected chi connectivity index (χ1v) is 16.4. The van der Waals surface area contributed by atoms with Gasteiger partial charge in [0.2, 0.25) is 5.91 Å². The number of carbonyl (C=O) groups is 3. The van der Waals surface area contributed by atoms with Gasteiger partial charge in [-0.15, -0.1) is 0 Å². The van der Waals surface area contributed by atoms with Gasteiger partial charge in [0.25, 0.3) is 12.3 Å². The highest BCUT2D eigenvalue weighted by molar-refractivity contribution is 5.97. The van der Waals surface area contributed by atoms with Crippen molar-refractivity contribution in [2.45, 2.75) is 32.4 Å². The molecule has 0 fully saturated rings. The number of methoxy groups -OCH3 is 1. The van der Waals surface area contributed by atoms with Crippen molar-refractivity contribution in [1.82, 2.24) is 4.90 Å². The first-order chi connectivity index (χ1) is 25.0. The molecule has 268 valence electrons. The number of anilines is 1. The van der Waals surface area contributed by atoms with Gasteiger partial charge in [-0.2, -0.15) is 0 Å². The molecule has 11 heteroatoms. The van der Waals surface area contributed by atoms with Crippen LogP contribution in [0.1, 0.15) is 50.7 Å². The minimum atomic E-state index is -2.79.